The molecule has 6 nitrogen and oxygen atoms in total. The summed E-state index contributed by atoms with van der Waals surface area (Å²) in [7, 11) is 1.59. The molecular weight excluding hydrogens is 368 g/mol. The number of aromatic nitrogens is 2. The largest absolute Gasteiger partial charge is 0.496 e. The van der Waals surface area contributed by atoms with Crippen molar-refractivity contribution in [3.05, 3.63) is 28.9 Å². The van der Waals surface area contributed by atoms with Gasteiger partial charge in [0.25, 0.3) is 0 Å². The molecule has 27 heavy (non-hydrogen) atoms. The Morgan fingerprint density at radius 3 is 2.67 bits per heavy atom. The van der Waals surface area contributed by atoms with E-state index in [0.717, 1.165) is 11.3 Å². The number of esters is 1. The van der Waals surface area contributed by atoms with Gasteiger partial charge in [-0.05, 0) is 38.8 Å². The predicted molar refractivity (Wildman–Crippen MR) is 104 cm³/mol. The van der Waals surface area contributed by atoms with Crippen LogP contribution in [0.25, 0.3) is 11.3 Å². The van der Waals surface area contributed by atoms with E-state index in [1.807, 2.05) is 25.1 Å². The summed E-state index contributed by atoms with van der Waals surface area (Å²) in [5.74, 6) is 0.820. The van der Waals surface area contributed by atoms with Crippen LogP contribution in [0.3, 0.4) is 0 Å². The van der Waals surface area contributed by atoms with Crippen molar-refractivity contribution in [2.75, 3.05) is 20.3 Å². The average Bonchev–Trinajstić information content (AvgIpc) is 3.31. The molecule has 0 amide bonds. The summed E-state index contributed by atoms with van der Waals surface area (Å²) in [4.78, 5) is 12.1. The van der Waals surface area contributed by atoms with E-state index in [1.54, 1.807) is 18.7 Å². The van der Waals surface area contributed by atoms with Crippen molar-refractivity contribution in [3.63, 3.8) is 0 Å². The van der Waals surface area contributed by atoms with Gasteiger partial charge in [0.05, 0.1) is 26.0 Å². The number of halogens is 1. The van der Waals surface area contributed by atoms with E-state index in [0.29, 0.717) is 30.0 Å². The number of ether oxygens (including phenoxy) is 3. The maximum Gasteiger partial charge on any atom is 0.360 e. The molecule has 0 aliphatic heterocycles. The Bertz CT molecular complexity index is 843. The molecule has 1 aliphatic carbocycles. The summed E-state index contributed by atoms with van der Waals surface area (Å²) in [6.07, 6.45) is 2.40. The van der Waals surface area contributed by atoms with Gasteiger partial charge < -0.3 is 14.2 Å². The first-order valence-electron chi connectivity index (χ1n) is 9.17. The first-order chi connectivity index (χ1) is 12.9. The van der Waals surface area contributed by atoms with E-state index in [9.17, 15) is 4.79 Å². The lowest BCUT2D eigenvalue weighted by atomic mass is 10.1. The van der Waals surface area contributed by atoms with Gasteiger partial charge in [0.15, 0.2) is 5.69 Å². The molecule has 7 heteroatoms. The smallest absolute Gasteiger partial charge is 0.360 e. The fourth-order valence-corrected chi connectivity index (χ4v) is 3.14. The normalized spacial score (nSPS) is 14.7. The van der Waals surface area contributed by atoms with E-state index in [2.05, 4.69) is 12.0 Å². The van der Waals surface area contributed by atoms with E-state index in [1.165, 1.54) is 12.8 Å². The van der Waals surface area contributed by atoms with Gasteiger partial charge in [-0.15, -0.1) is 0 Å². The van der Waals surface area contributed by atoms with Crippen molar-refractivity contribution in [2.24, 2.45) is 5.41 Å². The molecule has 0 bridgehead atoms. The van der Waals surface area contributed by atoms with Crippen LogP contribution in [0.1, 0.15) is 44.1 Å². The van der Waals surface area contributed by atoms with Crippen LogP contribution in [0.15, 0.2) is 18.2 Å². The van der Waals surface area contributed by atoms with Crippen molar-refractivity contribution in [2.45, 2.75) is 40.2 Å². The third-order valence-electron chi connectivity index (χ3n) is 4.78. The monoisotopic (exact) mass is 392 g/mol. The Labute approximate surface area is 164 Å². The van der Waals surface area contributed by atoms with Gasteiger partial charge in [-0.2, -0.15) is 5.10 Å². The molecule has 2 aromatic rings. The lowest BCUT2D eigenvalue weighted by molar-refractivity contribution is 0.0518. The Hall–Kier alpha value is -2.21. The van der Waals surface area contributed by atoms with Gasteiger partial charge in [0, 0.05) is 23.6 Å². The number of hydrogen-bond acceptors (Lipinski definition) is 5. The van der Waals surface area contributed by atoms with Crippen molar-refractivity contribution >= 4 is 17.6 Å². The van der Waals surface area contributed by atoms with Crippen molar-refractivity contribution < 1.29 is 19.0 Å². The van der Waals surface area contributed by atoms with Crippen LogP contribution in [-0.2, 0) is 11.3 Å². The molecule has 1 aromatic carbocycles. The third-order valence-corrected chi connectivity index (χ3v) is 5.14. The highest BCUT2D eigenvalue weighted by atomic mass is 35.5. The van der Waals surface area contributed by atoms with Crippen LogP contribution < -0.4 is 9.47 Å². The first kappa shape index (κ1) is 19.5. The molecule has 1 saturated carbocycles. The van der Waals surface area contributed by atoms with Crippen LogP contribution in [-0.4, -0.2) is 36.1 Å². The highest BCUT2D eigenvalue weighted by Gasteiger charge is 2.38. The maximum absolute atomic E-state index is 12.1. The van der Waals surface area contributed by atoms with Gasteiger partial charge in [0.2, 0.25) is 0 Å². The number of rotatable bonds is 8. The lowest BCUT2D eigenvalue weighted by Gasteiger charge is -2.15. The summed E-state index contributed by atoms with van der Waals surface area (Å²) in [5.41, 5.74) is 1.78. The molecule has 0 spiro atoms. The zero-order valence-electron chi connectivity index (χ0n) is 16.2. The highest BCUT2D eigenvalue weighted by Crippen LogP contribution is 2.45. The number of carbonyl (C=O) groups excluding carboxylic acids is 1. The number of carbonyl (C=O) groups is 1. The Morgan fingerprint density at radius 2 is 2.07 bits per heavy atom. The summed E-state index contributed by atoms with van der Waals surface area (Å²) in [6.45, 7) is 7.40. The second-order valence-electron chi connectivity index (χ2n) is 7.01. The van der Waals surface area contributed by atoms with E-state index in [4.69, 9.17) is 25.8 Å². The SMILES string of the molecule is CCOC(=O)c1nn(CC)c(-c2ccc(OCC3(C)CC3)cc2OC)c1Cl. The Balaban J connectivity index is 1.96. The predicted octanol–water partition coefficient (Wildman–Crippen LogP) is 4.59. The quantitative estimate of drug-likeness (QED) is 0.615. The van der Waals surface area contributed by atoms with Gasteiger partial charge in [-0.1, -0.05) is 18.5 Å². The highest BCUT2D eigenvalue weighted by molar-refractivity contribution is 6.36. The minimum Gasteiger partial charge on any atom is -0.496 e. The van der Waals surface area contributed by atoms with Crippen LogP contribution in [0.4, 0.5) is 0 Å². The topological polar surface area (TPSA) is 62.6 Å². The number of benzene rings is 1. The molecule has 1 heterocycles. The van der Waals surface area contributed by atoms with Gasteiger partial charge in [-0.25, -0.2) is 4.79 Å². The number of aryl methyl sites for hydroxylation is 1. The Kier molecular flexibility index (Phi) is 5.65. The summed E-state index contributed by atoms with van der Waals surface area (Å²) in [6, 6.07) is 5.61. The molecule has 1 fully saturated rings. The number of hydrogen-bond donors (Lipinski definition) is 0. The molecule has 1 aromatic heterocycles. The van der Waals surface area contributed by atoms with Gasteiger partial charge in [0.1, 0.15) is 16.5 Å². The zero-order chi connectivity index (χ0) is 19.6. The maximum atomic E-state index is 12.1. The number of methoxy groups -OCH3 is 1. The summed E-state index contributed by atoms with van der Waals surface area (Å²) >= 11 is 6.50. The summed E-state index contributed by atoms with van der Waals surface area (Å²) in [5, 5.41) is 4.58. The molecule has 0 atom stereocenters. The fraction of sp³-hybridized carbons (Fsp3) is 0.500. The van der Waals surface area contributed by atoms with Crippen molar-refractivity contribution in [3.8, 4) is 22.8 Å². The molecule has 1 aliphatic rings. The Morgan fingerprint density at radius 1 is 1.33 bits per heavy atom. The summed E-state index contributed by atoms with van der Waals surface area (Å²) < 4.78 is 18.2. The molecule has 3 rings (SSSR count). The molecule has 146 valence electrons. The first-order valence-corrected chi connectivity index (χ1v) is 9.55. The fourth-order valence-electron chi connectivity index (χ4n) is 2.83. The van der Waals surface area contributed by atoms with Gasteiger partial charge >= 0.3 is 5.97 Å². The standard InChI is InChI=1S/C20H25ClN2O4/c1-5-23-18(16(21)17(22-23)19(24)26-6-2)14-8-7-13(11-15(14)25-4)27-12-20(3)9-10-20/h7-8,11H,5-6,9-10,12H2,1-4H3. The van der Waals surface area contributed by atoms with Crippen LogP contribution in [0.2, 0.25) is 5.02 Å². The van der Waals surface area contributed by atoms with Crippen LogP contribution >= 0.6 is 11.6 Å². The minimum absolute atomic E-state index is 0.111. The van der Waals surface area contributed by atoms with Gasteiger partial charge in [-0.3, -0.25) is 4.68 Å². The number of nitrogens with zero attached hydrogens (tertiary/aromatic N) is 2. The van der Waals surface area contributed by atoms with Crippen molar-refractivity contribution in [1.29, 1.82) is 0 Å². The second kappa shape index (κ2) is 7.80. The van der Waals surface area contributed by atoms with E-state index < -0.39 is 5.97 Å². The molecular formula is C20H25ClN2O4. The van der Waals surface area contributed by atoms with E-state index >= 15 is 0 Å². The third kappa shape index (κ3) is 4.05. The molecule has 0 unspecified atom stereocenters. The lowest BCUT2D eigenvalue weighted by Crippen LogP contribution is -2.09. The molecule has 0 saturated heterocycles. The minimum atomic E-state index is -0.535. The second-order valence-corrected chi connectivity index (χ2v) is 7.39. The van der Waals surface area contributed by atoms with E-state index in [-0.39, 0.29) is 17.3 Å². The molecule has 0 N–H and O–H groups in total. The van der Waals surface area contributed by atoms with Crippen LogP contribution in [0, 0.1) is 5.41 Å². The average molecular weight is 393 g/mol. The molecule has 0 radical (unpaired) electrons. The zero-order valence-corrected chi connectivity index (χ0v) is 16.9. The van der Waals surface area contributed by atoms with Crippen LogP contribution in [0.5, 0.6) is 11.5 Å². The van der Waals surface area contributed by atoms with Crippen molar-refractivity contribution in [1.82, 2.24) is 9.78 Å².